The molecule has 5 heteroatoms. The molecule has 0 aliphatic carbocycles. The molecule has 0 aliphatic heterocycles. The Kier molecular flexibility index (Phi) is 5.21. The summed E-state index contributed by atoms with van der Waals surface area (Å²) in [6, 6.07) is 11.5. The van der Waals surface area contributed by atoms with Gasteiger partial charge in [-0.2, -0.15) is 0 Å². The molecule has 20 heavy (non-hydrogen) atoms. The van der Waals surface area contributed by atoms with Gasteiger partial charge < -0.3 is 9.47 Å². The standard InChI is InChI=1S/C15H15BCl2O2/c1-10-8-13(17)15(14(18)9-10)20-7-6-19-12-4-2-11(16)3-5-12/h2-5,8-9H,6-7,16H2,1H3. The van der Waals surface area contributed by atoms with E-state index in [4.69, 9.17) is 32.7 Å². The van der Waals surface area contributed by atoms with Gasteiger partial charge in [-0.3, -0.25) is 0 Å². The van der Waals surface area contributed by atoms with E-state index in [9.17, 15) is 0 Å². The first-order valence-corrected chi connectivity index (χ1v) is 7.10. The van der Waals surface area contributed by atoms with Gasteiger partial charge in [0.2, 0.25) is 0 Å². The molecule has 0 amide bonds. The minimum atomic E-state index is 0.385. The number of aryl methyl sites for hydroxylation is 1. The predicted molar refractivity (Wildman–Crippen MR) is 86.8 cm³/mol. The van der Waals surface area contributed by atoms with Crippen LogP contribution in [0.4, 0.5) is 0 Å². The highest BCUT2D eigenvalue weighted by molar-refractivity contribution is 6.37. The first-order valence-electron chi connectivity index (χ1n) is 6.34. The molecule has 0 saturated heterocycles. The maximum Gasteiger partial charge on any atom is 0.156 e. The second kappa shape index (κ2) is 6.91. The topological polar surface area (TPSA) is 18.5 Å². The summed E-state index contributed by atoms with van der Waals surface area (Å²) in [5, 5.41) is 1.04. The van der Waals surface area contributed by atoms with Crippen LogP contribution < -0.4 is 14.9 Å². The Balaban J connectivity index is 1.86. The average molecular weight is 309 g/mol. The van der Waals surface area contributed by atoms with E-state index in [1.165, 1.54) is 5.46 Å². The van der Waals surface area contributed by atoms with Crippen molar-refractivity contribution in [3.63, 3.8) is 0 Å². The second-order valence-corrected chi connectivity index (χ2v) is 5.38. The first-order chi connectivity index (χ1) is 9.56. The number of hydrogen-bond donors (Lipinski definition) is 0. The lowest BCUT2D eigenvalue weighted by molar-refractivity contribution is 0.217. The molecule has 2 aromatic rings. The SMILES string of the molecule is Bc1ccc(OCCOc2c(Cl)cc(C)cc2Cl)cc1. The van der Waals surface area contributed by atoms with Crippen LogP contribution in [0, 0.1) is 6.92 Å². The molecule has 0 radical (unpaired) electrons. The third kappa shape index (κ3) is 4.09. The van der Waals surface area contributed by atoms with Crippen molar-refractivity contribution in [3.05, 3.63) is 52.0 Å². The highest BCUT2D eigenvalue weighted by atomic mass is 35.5. The lowest BCUT2D eigenvalue weighted by Gasteiger charge is -2.11. The van der Waals surface area contributed by atoms with Crippen molar-refractivity contribution in [3.8, 4) is 11.5 Å². The van der Waals surface area contributed by atoms with Gasteiger partial charge in [0.1, 0.15) is 26.8 Å². The van der Waals surface area contributed by atoms with Gasteiger partial charge in [0, 0.05) is 0 Å². The molecule has 0 unspecified atom stereocenters. The van der Waals surface area contributed by atoms with Crippen LogP contribution in [-0.4, -0.2) is 21.1 Å². The lowest BCUT2D eigenvalue weighted by Crippen LogP contribution is -2.10. The summed E-state index contributed by atoms with van der Waals surface area (Å²) in [6.45, 7) is 2.75. The van der Waals surface area contributed by atoms with Crippen LogP contribution >= 0.6 is 23.2 Å². The Morgan fingerprint density at radius 3 is 2.10 bits per heavy atom. The molecule has 0 heterocycles. The summed E-state index contributed by atoms with van der Waals surface area (Å²) in [4.78, 5) is 0. The van der Waals surface area contributed by atoms with Crippen LogP contribution in [0.2, 0.25) is 10.0 Å². The molecule has 0 aliphatic rings. The molecule has 2 nitrogen and oxygen atoms in total. The van der Waals surface area contributed by atoms with E-state index in [0.717, 1.165) is 11.3 Å². The van der Waals surface area contributed by atoms with Gasteiger partial charge in [0.15, 0.2) is 5.75 Å². The largest absolute Gasteiger partial charge is 0.490 e. The number of hydrogen-bond acceptors (Lipinski definition) is 2. The molecule has 0 aromatic heterocycles. The minimum absolute atomic E-state index is 0.385. The van der Waals surface area contributed by atoms with E-state index in [1.807, 2.05) is 51.2 Å². The molecule has 0 saturated carbocycles. The third-order valence-corrected chi connectivity index (χ3v) is 3.32. The monoisotopic (exact) mass is 308 g/mol. The van der Waals surface area contributed by atoms with Gasteiger partial charge in [0.05, 0.1) is 10.0 Å². The quantitative estimate of drug-likeness (QED) is 0.624. The smallest absolute Gasteiger partial charge is 0.156 e. The fourth-order valence-corrected chi connectivity index (χ4v) is 2.47. The zero-order valence-electron chi connectivity index (χ0n) is 11.5. The number of ether oxygens (including phenoxy) is 2. The van der Waals surface area contributed by atoms with Crippen molar-refractivity contribution >= 4 is 36.5 Å². The Morgan fingerprint density at radius 2 is 1.50 bits per heavy atom. The molecule has 0 N–H and O–H groups in total. The Hall–Kier alpha value is -1.32. The average Bonchev–Trinajstić information content (AvgIpc) is 2.39. The van der Waals surface area contributed by atoms with E-state index >= 15 is 0 Å². The summed E-state index contributed by atoms with van der Waals surface area (Å²) in [5.41, 5.74) is 2.20. The molecular weight excluding hydrogens is 294 g/mol. The summed E-state index contributed by atoms with van der Waals surface area (Å²) in [5.74, 6) is 1.33. The molecular formula is C15H15BCl2O2. The van der Waals surface area contributed by atoms with Crippen LogP contribution in [0.5, 0.6) is 11.5 Å². The number of rotatable bonds is 5. The molecule has 0 bridgehead atoms. The van der Waals surface area contributed by atoms with E-state index in [2.05, 4.69) is 0 Å². The van der Waals surface area contributed by atoms with Crippen LogP contribution in [0.1, 0.15) is 5.56 Å². The minimum Gasteiger partial charge on any atom is -0.490 e. The lowest BCUT2D eigenvalue weighted by atomic mass is 9.97. The third-order valence-electron chi connectivity index (χ3n) is 2.76. The maximum absolute atomic E-state index is 6.10. The molecule has 0 atom stereocenters. The van der Waals surface area contributed by atoms with Crippen molar-refractivity contribution in [1.29, 1.82) is 0 Å². The molecule has 104 valence electrons. The van der Waals surface area contributed by atoms with Gasteiger partial charge in [-0.15, -0.1) is 0 Å². The predicted octanol–water partition coefficient (Wildman–Crippen LogP) is 3.02. The zero-order valence-corrected chi connectivity index (χ0v) is 13.0. The van der Waals surface area contributed by atoms with E-state index in [0.29, 0.717) is 29.0 Å². The molecule has 2 aromatic carbocycles. The number of benzene rings is 2. The van der Waals surface area contributed by atoms with Crippen molar-refractivity contribution in [2.75, 3.05) is 13.2 Å². The fourth-order valence-electron chi connectivity index (χ4n) is 1.76. The highest BCUT2D eigenvalue weighted by Gasteiger charge is 2.08. The van der Waals surface area contributed by atoms with E-state index in [-0.39, 0.29) is 0 Å². The van der Waals surface area contributed by atoms with E-state index in [1.54, 1.807) is 0 Å². The zero-order chi connectivity index (χ0) is 14.5. The molecule has 0 spiro atoms. The van der Waals surface area contributed by atoms with Crippen molar-refractivity contribution in [1.82, 2.24) is 0 Å². The van der Waals surface area contributed by atoms with Gasteiger partial charge >= 0.3 is 0 Å². The molecule has 0 fully saturated rings. The van der Waals surface area contributed by atoms with E-state index < -0.39 is 0 Å². The normalized spacial score (nSPS) is 10.3. The van der Waals surface area contributed by atoms with Crippen molar-refractivity contribution in [2.24, 2.45) is 0 Å². The van der Waals surface area contributed by atoms with Gasteiger partial charge in [-0.05, 0) is 36.8 Å². The summed E-state index contributed by atoms with van der Waals surface area (Å²) < 4.78 is 11.2. The second-order valence-electron chi connectivity index (χ2n) is 4.57. The fraction of sp³-hybridized carbons (Fsp3) is 0.200. The molecule has 2 rings (SSSR count). The highest BCUT2D eigenvalue weighted by Crippen LogP contribution is 2.33. The van der Waals surface area contributed by atoms with Crippen LogP contribution in [-0.2, 0) is 0 Å². The summed E-state index contributed by atoms with van der Waals surface area (Å²) in [6.07, 6.45) is 0. The Labute approximate surface area is 130 Å². The first kappa shape index (κ1) is 15.1. The maximum atomic E-state index is 6.10. The van der Waals surface area contributed by atoms with Crippen LogP contribution in [0.3, 0.4) is 0 Å². The Bertz CT molecular complexity index is 562. The van der Waals surface area contributed by atoms with Gasteiger partial charge in [0.25, 0.3) is 0 Å². The number of halogens is 2. The van der Waals surface area contributed by atoms with Crippen molar-refractivity contribution in [2.45, 2.75) is 6.92 Å². The van der Waals surface area contributed by atoms with Crippen LogP contribution in [0.15, 0.2) is 36.4 Å². The van der Waals surface area contributed by atoms with Gasteiger partial charge in [-0.25, -0.2) is 0 Å². The Morgan fingerprint density at radius 1 is 0.950 bits per heavy atom. The summed E-state index contributed by atoms with van der Waals surface area (Å²) in [7, 11) is 2.04. The van der Waals surface area contributed by atoms with Crippen LogP contribution in [0.25, 0.3) is 0 Å². The van der Waals surface area contributed by atoms with Crippen molar-refractivity contribution < 1.29 is 9.47 Å². The van der Waals surface area contributed by atoms with Gasteiger partial charge in [-0.1, -0.05) is 40.8 Å². The summed E-state index contributed by atoms with van der Waals surface area (Å²) >= 11 is 12.2.